The van der Waals surface area contributed by atoms with Gasteiger partial charge in [0.15, 0.2) is 6.29 Å². The molecule has 4 rings (SSSR count). The Morgan fingerprint density at radius 1 is 0.919 bits per heavy atom. The van der Waals surface area contributed by atoms with Gasteiger partial charge in [-0.25, -0.2) is 9.79 Å². The van der Waals surface area contributed by atoms with Gasteiger partial charge >= 0.3 is 18.3 Å². The van der Waals surface area contributed by atoms with Crippen LogP contribution in [-0.2, 0) is 23.7 Å². The standard InChI is InChI=1S/C23H24Cl2F6N4O2/c24-18-17(20(36)37)19(25)35(12-13-9-14(22(26,27)28)11-15(10-13)23(29,30)31)21(32-18)34-7-3-16(4-8-34)33-5-1-2-6-33/h9-11,16,21H,1-8,12H2,(H,36,37). The van der Waals surface area contributed by atoms with Gasteiger partial charge < -0.3 is 14.9 Å². The number of aliphatic imine (C=N–C) groups is 1. The normalized spacial score (nSPS) is 23.1. The van der Waals surface area contributed by atoms with E-state index in [2.05, 4.69) is 9.89 Å². The summed E-state index contributed by atoms with van der Waals surface area (Å²) in [4.78, 5) is 21.5. The van der Waals surface area contributed by atoms with Gasteiger partial charge in [0.2, 0.25) is 0 Å². The number of hydrogen-bond acceptors (Lipinski definition) is 5. The second-order valence-corrected chi connectivity index (χ2v) is 10.0. The van der Waals surface area contributed by atoms with Crippen molar-refractivity contribution in [3.63, 3.8) is 0 Å². The van der Waals surface area contributed by atoms with Gasteiger partial charge in [0.05, 0.1) is 11.1 Å². The highest BCUT2D eigenvalue weighted by molar-refractivity contribution is 6.73. The van der Waals surface area contributed by atoms with Crippen molar-refractivity contribution in [3.8, 4) is 0 Å². The van der Waals surface area contributed by atoms with Crippen LogP contribution in [0.4, 0.5) is 26.3 Å². The van der Waals surface area contributed by atoms with Crippen LogP contribution in [0.1, 0.15) is 42.4 Å². The van der Waals surface area contributed by atoms with Crippen LogP contribution in [0, 0.1) is 0 Å². The van der Waals surface area contributed by atoms with Crippen LogP contribution in [0.3, 0.4) is 0 Å². The van der Waals surface area contributed by atoms with Crippen LogP contribution < -0.4 is 0 Å². The molecule has 0 spiro atoms. The molecule has 0 aromatic heterocycles. The molecule has 1 N–H and O–H groups in total. The van der Waals surface area contributed by atoms with E-state index in [-0.39, 0.29) is 16.8 Å². The van der Waals surface area contributed by atoms with E-state index in [1.54, 1.807) is 0 Å². The number of nitrogens with zero attached hydrogens (tertiary/aromatic N) is 4. The lowest BCUT2D eigenvalue weighted by Crippen LogP contribution is -2.53. The molecule has 204 valence electrons. The lowest BCUT2D eigenvalue weighted by atomic mass is 10.0. The smallest absolute Gasteiger partial charge is 0.416 e. The van der Waals surface area contributed by atoms with Crippen molar-refractivity contribution in [1.29, 1.82) is 0 Å². The monoisotopic (exact) mass is 572 g/mol. The zero-order valence-electron chi connectivity index (χ0n) is 19.4. The van der Waals surface area contributed by atoms with E-state index in [4.69, 9.17) is 23.2 Å². The average molecular weight is 573 g/mol. The molecule has 0 saturated carbocycles. The number of benzene rings is 1. The molecule has 37 heavy (non-hydrogen) atoms. The van der Waals surface area contributed by atoms with E-state index in [0.717, 1.165) is 38.8 Å². The lowest BCUT2D eigenvalue weighted by Gasteiger charge is -2.44. The molecule has 3 aliphatic heterocycles. The Morgan fingerprint density at radius 3 is 1.95 bits per heavy atom. The van der Waals surface area contributed by atoms with Gasteiger partial charge in [-0.05, 0) is 62.5 Å². The van der Waals surface area contributed by atoms with Crippen molar-refractivity contribution in [1.82, 2.24) is 14.7 Å². The number of piperidine rings is 1. The number of aliphatic carboxylic acids is 1. The first kappa shape index (κ1) is 28.0. The van der Waals surface area contributed by atoms with Gasteiger partial charge in [-0.1, -0.05) is 23.2 Å². The summed E-state index contributed by atoms with van der Waals surface area (Å²) in [6, 6.07) is 1.58. The molecule has 14 heteroatoms. The number of likely N-dealkylation sites (tertiary alicyclic amines) is 2. The molecule has 2 saturated heterocycles. The van der Waals surface area contributed by atoms with Crippen molar-refractivity contribution in [3.05, 3.63) is 45.6 Å². The molecule has 1 aromatic rings. The molecule has 1 unspecified atom stereocenters. The Morgan fingerprint density at radius 2 is 1.46 bits per heavy atom. The van der Waals surface area contributed by atoms with Crippen molar-refractivity contribution >= 4 is 34.3 Å². The summed E-state index contributed by atoms with van der Waals surface area (Å²) in [5.41, 5.74) is -3.88. The number of halogens is 8. The van der Waals surface area contributed by atoms with E-state index in [1.807, 2.05) is 4.90 Å². The third kappa shape index (κ3) is 6.18. The maximum atomic E-state index is 13.4. The Hall–Kier alpha value is -2.02. The third-order valence-electron chi connectivity index (χ3n) is 6.87. The number of hydrogen-bond donors (Lipinski definition) is 1. The molecule has 0 amide bonds. The summed E-state index contributed by atoms with van der Waals surface area (Å²) in [7, 11) is 0. The van der Waals surface area contributed by atoms with E-state index in [0.29, 0.717) is 31.3 Å². The van der Waals surface area contributed by atoms with Crippen LogP contribution >= 0.6 is 23.2 Å². The number of carboxylic acids is 1. The molecule has 0 radical (unpaired) electrons. The first-order valence-electron chi connectivity index (χ1n) is 11.7. The molecule has 3 heterocycles. The molecule has 3 aliphatic rings. The maximum absolute atomic E-state index is 13.4. The first-order valence-corrected chi connectivity index (χ1v) is 12.4. The van der Waals surface area contributed by atoms with Crippen LogP contribution in [0.5, 0.6) is 0 Å². The van der Waals surface area contributed by atoms with Crippen LogP contribution in [0.2, 0.25) is 0 Å². The lowest BCUT2D eigenvalue weighted by molar-refractivity contribution is -0.143. The van der Waals surface area contributed by atoms with Gasteiger partial charge in [0.25, 0.3) is 0 Å². The van der Waals surface area contributed by atoms with E-state index >= 15 is 0 Å². The van der Waals surface area contributed by atoms with Crippen molar-refractivity contribution < 1.29 is 36.2 Å². The van der Waals surface area contributed by atoms with Gasteiger partial charge in [0.1, 0.15) is 15.9 Å². The topological polar surface area (TPSA) is 59.4 Å². The van der Waals surface area contributed by atoms with Gasteiger partial charge in [-0.15, -0.1) is 0 Å². The Balaban J connectivity index is 1.66. The first-order chi connectivity index (χ1) is 17.3. The number of alkyl halides is 6. The minimum Gasteiger partial charge on any atom is -0.477 e. The molecule has 1 aromatic carbocycles. The second kappa shape index (κ2) is 10.6. The quantitative estimate of drug-likeness (QED) is 0.370. The fourth-order valence-corrected chi connectivity index (χ4v) is 5.69. The summed E-state index contributed by atoms with van der Waals surface area (Å²) in [5.74, 6) is -1.52. The highest BCUT2D eigenvalue weighted by Crippen LogP contribution is 2.38. The van der Waals surface area contributed by atoms with Crippen LogP contribution in [0.25, 0.3) is 0 Å². The van der Waals surface area contributed by atoms with Gasteiger partial charge in [-0.3, -0.25) is 4.90 Å². The highest BCUT2D eigenvalue weighted by atomic mass is 35.5. The van der Waals surface area contributed by atoms with Crippen molar-refractivity contribution in [2.75, 3.05) is 26.2 Å². The minimum atomic E-state index is -5.03. The Kier molecular flexibility index (Phi) is 8.04. The molecule has 6 nitrogen and oxygen atoms in total. The number of carbonyl (C=O) groups is 1. The molecule has 2 fully saturated rings. The van der Waals surface area contributed by atoms with E-state index in [1.165, 1.54) is 4.90 Å². The fraction of sp³-hybridized carbons (Fsp3) is 0.565. The van der Waals surface area contributed by atoms with Gasteiger partial charge in [0, 0.05) is 25.7 Å². The summed E-state index contributed by atoms with van der Waals surface area (Å²) in [6.07, 6.45) is -7.24. The molecular formula is C23H24Cl2F6N4O2. The Bertz CT molecular complexity index is 1060. The highest BCUT2D eigenvalue weighted by Gasteiger charge is 2.40. The number of carboxylic acid groups (broad SMARTS) is 1. The predicted octanol–water partition coefficient (Wildman–Crippen LogP) is 5.56. The summed E-state index contributed by atoms with van der Waals surface area (Å²) in [6.45, 7) is 2.50. The maximum Gasteiger partial charge on any atom is 0.416 e. The summed E-state index contributed by atoms with van der Waals surface area (Å²) in [5, 5.41) is 8.77. The fourth-order valence-electron chi connectivity index (χ4n) is 5.07. The third-order valence-corrected chi connectivity index (χ3v) is 7.56. The largest absolute Gasteiger partial charge is 0.477 e. The van der Waals surface area contributed by atoms with E-state index < -0.39 is 53.0 Å². The van der Waals surface area contributed by atoms with Gasteiger partial charge in [-0.2, -0.15) is 26.3 Å². The van der Waals surface area contributed by atoms with E-state index in [9.17, 15) is 36.2 Å². The molecule has 0 bridgehead atoms. The average Bonchev–Trinajstić information content (AvgIpc) is 3.34. The summed E-state index contributed by atoms with van der Waals surface area (Å²) >= 11 is 12.5. The Labute approximate surface area is 219 Å². The summed E-state index contributed by atoms with van der Waals surface area (Å²) < 4.78 is 80.4. The zero-order chi connectivity index (χ0) is 27.1. The second-order valence-electron chi connectivity index (χ2n) is 9.29. The molecule has 1 atom stereocenters. The van der Waals surface area contributed by atoms with Crippen molar-refractivity contribution in [2.24, 2.45) is 4.99 Å². The van der Waals surface area contributed by atoms with Crippen molar-refractivity contribution in [2.45, 2.75) is 56.9 Å². The predicted molar refractivity (Wildman–Crippen MR) is 125 cm³/mol. The molecular weight excluding hydrogens is 549 g/mol. The minimum absolute atomic E-state index is 0.0372. The zero-order valence-corrected chi connectivity index (χ0v) is 20.9. The van der Waals surface area contributed by atoms with Crippen LogP contribution in [0.15, 0.2) is 33.9 Å². The SMILES string of the molecule is O=C(O)C1=C(Cl)N(Cc2cc(C(F)(F)F)cc(C(F)(F)F)c2)C(N2CCC(N3CCCC3)CC2)N=C1Cl. The number of rotatable bonds is 5. The molecule has 0 aliphatic carbocycles. The van der Waals surface area contributed by atoms with Crippen LogP contribution in [-0.4, -0.2) is 69.5 Å².